The number of nitrogens with zero attached hydrogens (tertiary/aromatic N) is 2. The van der Waals surface area contributed by atoms with E-state index in [1.807, 2.05) is 12.3 Å². The van der Waals surface area contributed by atoms with Crippen molar-refractivity contribution < 1.29 is 0 Å². The normalized spacial score (nSPS) is 25.5. The van der Waals surface area contributed by atoms with Gasteiger partial charge >= 0.3 is 0 Å². The van der Waals surface area contributed by atoms with Crippen LogP contribution in [0.3, 0.4) is 0 Å². The molecule has 2 aromatic rings. The van der Waals surface area contributed by atoms with Gasteiger partial charge in [0.25, 0.3) is 0 Å². The zero-order chi connectivity index (χ0) is 12.1. The molecule has 0 N–H and O–H groups in total. The molecule has 0 radical (unpaired) electrons. The largest absolute Gasteiger partial charge is 0.264 e. The van der Waals surface area contributed by atoms with Crippen LogP contribution in [0.25, 0.3) is 10.8 Å². The van der Waals surface area contributed by atoms with Crippen LogP contribution in [0.2, 0.25) is 0 Å². The van der Waals surface area contributed by atoms with Gasteiger partial charge in [-0.05, 0) is 34.9 Å². The van der Waals surface area contributed by atoms with Crippen LogP contribution in [-0.4, -0.2) is 4.98 Å². The number of aromatic nitrogens is 1. The SMILES string of the molecule is CC1(C)CC1(C#N)c1ccc2cnccc2c1. The summed E-state index contributed by atoms with van der Waals surface area (Å²) in [6.07, 6.45) is 4.60. The van der Waals surface area contributed by atoms with E-state index in [1.165, 1.54) is 0 Å². The lowest BCUT2D eigenvalue weighted by Crippen LogP contribution is -2.11. The van der Waals surface area contributed by atoms with Crippen LogP contribution in [0.4, 0.5) is 0 Å². The fourth-order valence-corrected chi connectivity index (χ4v) is 2.72. The maximum absolute atomic E-state index is 9.46. The second kappa shape index (κ2) is 3.07. The van der Waals surface area contributed by atoms with Gasteiger partial charge in [0.05, 0.1) is 11.5 Å². The Labute approximate surface area is 101 Å². The van der Waals surface area contributed by atoms with Crippen molar-refractivity contribution in [1.29, 1.82) is 5.26 Å². The molecule has 1 aromatic heterocycles. The van der Waals surface area contributed by atoms with Crippen molar-refractivity contribution in [2.75, 3.05) is 0 Å². The molecule has 1 saturated carbocycles. The smallest absolute Gasteiger partial charge is 0.0879 e. The molecule has 1 unspecified atom stereocenters. The van der Waals surface area contributed by atoms with E-state index in [0.29, 0.717) is 0 Å². The maximum Gasteiger partial charge on any atom is 0.0879 e. The molecule has 84 valence electrons. The van der Waals surface area contributed by atoms with Crippen molar-refractivity contribution in [3.63, 3.8) is 0 Å². The first-order valence-corrected chi connectivity index (χ1v) is 5.85. The third-order valence-corrected chi connectivity index (χ3v) is 4.06. The lowest BCUT2D eigenvalue weighted by molar-refractivity contribution is 0.570. The summed E-state index contributed by atoms with van der Waals surface area (Å²) >= 11 is 0. The van der Waals surface area contributed by atoms with E-state index < -0.39 is 0 Å². The van der Waals surface area contributed by atoms with E-state index in [2.05, 4.69) is 43.1 Å². The Bertz CT molecular complexity index is 637. The molecular weight excluding hydrogens is 208 g/mol. The lowest BCUT2D eigenvalue weighted by Gasteiger charge is -2.13. The molecule has 1 heterocycles. The van der Waals surface area contributed by atoms with Gasteiger partial charge in [0.2, 0.25) is 0 Å². The van der Waals surface area contributed by atoms with Crippen LogP contribution >= 0.6 is 0 Å². The van der Waals surface area contributed by atoms with Crippen LogP contribution in [0.5, 0.6) is 0 Å². The zero-order valence-electron chi connectivity index (χ0n) is 10.1. The van der Waals surface area contributed by atoms with Crippen molar-refractivity contribution in [3.05, 3.63) is 42.2 Å². The fourth-order valence-electron chi connectivity index (χ4n) is 2.72. The average Bonchev–Trinajstić information content (AvgIpc) is 2.92. The molecule has 1 aliphatic carbocycles. The van der Waals surface area contributed by atoms with Gasteiger partial charge in [0, 0.05) is 17.8 Å². The third kappa shape index (κ3) is 1.29. The summed E-state index contributed by atoms with van der Waals surface area (Å²) < 4.78 is 0. The molecule has 0 aliphatic heterocycles. The molecule has 1 atom stereocenters. The van der Waals surface area contributed by atoms with Crippen LogP contribution in [0.1, 0.15) is 25.8 Å². The minimum absolute atomic E-state index is 0.0997. The summed E-state index contributed by atoms with van der Waals surface area (Å²) in [5.41, 5.74) is 0.955. The molecule has 17 heavy (non-hydrogen) atoms. The van der Waals surface area contributed by atoms with Gasteiger partial charge in [-0.1, -0.05) is 26.0 Å². The van der Waals surface area contributed by atoms with E-state index in [9.17, 15) is 5.26 Å². The van der Waals surface area contributed by atoms with Gasteiger partial charge in [0.15, 0.2) is 0 Å². The molecular formula is C15H14N2. The summed E-state index contributed by atoms with van der Waals surface area (Å²) in [6.45, 7) is 4.32. The number of hydrogen-bond acceptors (Lipinski definition) is 2. The van der Waals surface area contributed by atoms with Crippen LogP contribution < -0.4 is 0 Å². The van der Waals surface area contributed by atoms with Crippen molar-refractivity contribution in [2.24, 2.45) is 5.41 Å². The van der Waals surface area contributed by atoms with Crippen LogP contribution in [0, 0.1) is 16.7 Å². The van der Waals surface area contributed by atoms with Gasteiger partial charge < -0.3 is 0 Å². The Morgan fingerprint density at radius 1 is 1.24 bits per heavy atom. The topological polar surface area (TPSA) is 36.7 Å². The number of fused-ring (bicyclic) bond motifs is 1. The van der Waals surface area contributed by atoms with Gasteiger partial charge in [0.1, 0.15) is 0 Å². The summed E-state index contributed by atoms with van der Waals surface area (Å²) in [7, 11) is 0. The average molecular weight is 222 g/mol. The Morgan fingerprint density at radius 3 is 2.65 bits per heavy atom. The van der Waals surface area contributed by atoms with E-state index in [1.54, 1.807) is 6.20 Å². The number of rotatable bonds is 1. The van der Waals surface area contributed by atoms with Gasteiger partial charge in [-0.25, -0.2) is 0 Å². The molecule has 0 amide bonds. The van der Waals surface area contributed by atoms with Crippen molar-refractivity contribution in [2.45, 2.75) is 25.7 Å². The lowest BCUT2D eigenvalue weighted by atomic mass is 9.88. The Kier molecular flexibility index (Phi) is 1.86. The first kappa shape index (κ1) is 10.3. The molecule has 0 bridgehead atoms. The first-order chi connectivity index (χ1) is 8.09. The molecule has 0 spiro atoms. The molecule has 2 nitrogen and oxygen atoms in total. The second-order valence-electron chi connectivity index (χ2n) is 5.52. The molecule has 1 fully saturated rings. The Balaban J connectivity index is 2.17. The highest BCUT2D eigenvalue weighted by Crippen LogP contribution is 2.64. The van der Waals surface area contributed by atoms with E-state index >= 15 is 0 Å². The second-order valence-corrected chi connectivity index (χ2v) is 5.52. The van der Waals surface area contributed by atoms with E-state index in [4.69, 9.17) is 0 Å². The number of nitriles is 1. The number of pyridine rings is 1. The standard InChI is InChI=1S/C15H14N2/c1-14(2)9-15(14,10-16)13-4-3-12-8-17-6-5-11(12)7-13/h3-8H,9H2,1-2H3. The van der Waals surface area contributed by atoms with Crippen molar-refractivity contribution in [1.82, 2.24) is 4.98 Å². The predicted octanol–water partition coefficient (Wildman–Crippen LogP) is 3.43. The summed E-state index contributed by atoms with van der Waals surface area (Å²) in [4.78, 5) is 4.10. The molecule has 1 aromatic carbocycles. The minimum atomic E-state index is -0.287. The molecule has 2 heteroatoms. The van der Waals surface area contributed by atoms with Gasteiger partial charge in [-0.2, -0.15) is 5.26 Å². The van der Waals surface area contributed by atoms with Gasteiger partial charge in [-0.3, -0.25) is 4.98 Å². The van der Waals surface area contributed by atoms with E-state index in [-0.39, 0.29) is 10.8 Å². The zero-order valence-corrected chi connectivity index (χ0v) is 10.1. The van der Waals surface area contributed by atoms with Crippen molar-refractivity contribution in [3.8, 4) is 6.07 Å². The monoisotopic (exact) mass is 222 g/mol. The Hall–Kier alpha value is -1.88. The fraction of sp³-hybridized carbons (Fsp3) is 0.333. The minimum Gasteiger partial charge on any atom is -0.264 e. The van der Waals surface area contributed by atoms with E-state index in [0.717, 1.165) is 22.8 Å². The molecule has 1 aliphatic rings. The summed E-state index contributed by atoms with van der Waals surface area (Å²) in [5, 5.41) is 11.7. The third-order valence-electron chi connectivity index (χ3n) is 4.06. The quantitative estimate of drug-likeness (QED) is 0.741. The first-order valence-electron chi connectivity index (χ1n) is 5.85. The highest BCUT2D eigenvalue weighted by Gasteiger charge is 2.63. The maximum atomic E-state index is 9.46. The van der Waals surface area contributed by atoms with Crippen LogP contribution in [-0.2, 0) is 5.41 Å². The molecule has 3 rings (SSSR count). The van der Waals surface area contributed by atoms with Crippen LogP contribution in [0.15, 0.2) is 36.7 Å². The van der Waals surface area contributed by atoms with Crippen molar-refractivity contribution >= 4 is 10.8 Å². The number of benzene rings is 1. The molecule has 0 saturated heterocycles. The highest BCUT2D eigenvalue weighted by atomic mass is 14.6. The van der Waals surface area contributed by atoms with Gasteiger partial charge in [-0.15, -0.1) is 0 Å². The predicted molar refractivity (Wildman–Crippen MR) is 67.4 cm³/mol. The Morgan fingerprint density at radius 2 is 2.00 bits per heavy atom. The summed E-state index contributed by atoms with van der Waals surface area (Å²) in [6, 6.07) is 10.8. The summed E-state index contributed by atoms with van der Waals surface area (Å²) in [5.74, 6) is 0. The number of hydrogen-bond donors (Lipinski definition) is 0. The highest BCUT2D eigenvalue weighted by molar-refractivity contribution is 5.82.